The molecule has 0 saturated carbocycles. The van der Waals surface area contributed by atoms with Gasteiger partial charge in [0.2, 0.25) is 0 Å². The zero-order chi connectivity index (χ0) is 12.0. The number of nitrogens with one attached hydrogen (secondary N) is 1. The number of rotatable bonds is 6. The standard InChI is InChI=1S/C13H28N2O/c1-13(2,3)6-7-14-8-9-15(4)12-5-10-16-11-12/h12,14H,5-11H2,1-4H3. The summed E-state index contributed by atoms with van der Waals surface area (Å²) in [7, 11) is 2.20. The molecule has 1 aliphatic rings. The summed E-state index contributed by atoms with van der Waals surface area (Å²) in [6.07, 6.45) is 2.43. The number of likely N-dealkylation sites (N-methyl/N-ethyl adjacent to an activating group) is 1. The maximum atomic E-state index is 5.39. The van der Waals surface area contributed by atoms with Crippen molar-refractivity contribution in [3.05, 3.63) is 0 Å². The molecule has 1 saturated heterocycles. The fourth-order valence-corrected chi connectivity index (χ4v) is 1.90. The average Bonchev–Trinajstić information content (AvgIpc) is 2.67. The third-order valence-corrected chi connectivity index (χ3v) is 3.22. The van der Waals surface area contributed by atoms with Crippen LogP contribution in [0.15, 0.2) is 0 Å². The topological polar surface area (TPSA) is 24.5 Å². The molecule has 16 heavy (non-hydrogen) atoms. The largest absolute Gasteiger partial charge is 0.380 e. The quantitative estimate of drug-likeness (QED) is 0.701. The van der Waals surface area contributed by atoms with Crippen molar-refractivity contribution in [2.75, 3.05) is 39.9 Å². The van der Waals surface area contributed by atoms with E-state index in [1.165, 1.54) is 12.8 Å². The van der Waals surface area contributed by atoms with Gasteiger partial charge in [-0.05, 0) is 31.8 Å². The van der Waals surface area contributed by atoms with Crippen LogP contribution in [0, 0.1) is 5.41 Å². The van der Waals surface area contributed by atoms with E-state index in [0.717, 1.165) is 32.8 Å². The molecule has 1 rings (SSSR count). The zero-order valence-corrected chi connectivity index (χ0v) is 11.4. The molecule has 1 heterocycles. The Bertz CT molecular complexity index is 183. The van der Waals surface area contributed by atoms with E-state index in [2.05, 4.69) is 38.0 Å². The summed E-state index contributed by atoms with van der Waals surface area (Å²) < 4.78 is 5.39. The predicted molar refractivity (Wildman–Crippen MR) is 68.8 cm³/mol. The van der Waals surface area contributed by atoms with Crippen LogP contribution in [0.5, 0.6) is 0 Å². The molecule has 1 unspecified atom stereocenters. The van der Waals surface area contributed by atoms with Gasteiger partial charge >= 0.3 is 0 Å². The molecule has 3 heteroatoms. The molecule has 1 fully saturated rings. The second-order valence-corrected chi connectivity index (χ2v) is 6.06. The molecule has 1 atom stereocenters. The molecule has 0 radical (unpaired) electrons. The lowest BCUT2D eigenvalue weighted by Gasteiger charge is -2.23. The molecule has 0 amide bonds. The first-order valence-corrected chi connectivity index (χ1v) is 6.48. The van der Waals surface area contributed by atoms with E-state index in [1.807, 2.05) is 0 Å². The van der Waals surface area contributed by atoms with Gasteiger partial charge < -0.3 is 10.1 Å². The molecule has 0 aromatic carbocycles. The minimum atomic E-state index is 0.443. The van der Waals surface area contributed by atoms with E-state index in [1.54, 1.807) is 0 Å². The minimum absolute atomic E-state index is 0.443. The number of nitrogens with zero attached hydrogens (tertiary/aromatic N) is 1. The molecule has 0 spiro atoms. The Balaban J connectivity index is 1.98. The Morgan fingerprint density at radius 1 is 1.31 bits per heavy atom. The summed E-state index contributed by atoms with van der Waals surface area (Å²) in [4.78, 5) is 2.41. The smallest absolute Gasteiger partial charge is 0.0622 e. The Kier molecular flexibility index (Phi) is 5.73. The SMILES string of the molecule is CN(CCNCCC(C)(C)C)C1CCOC1. The molecule has 0 aromatic rings. The fraction of sp³-hybridized carbons (Fsp3) is 1.00. The van der Waals surface area contributed by atoms with Crippen LogP contribution in [0.25, 0.3) is 0 Å². The third-order valence-electron chi connectivity index (χ3n) is 3.22. The third kappa shape index (κ3) is 5.83. The first kappa shape index (κ1) is 13.9. The van der Waals surface area contributed by atoms with Crippen LogP contribution < -0.4 is 5.32 Å². The van der Waals surface area contributed by atoms with E-state index in [4.69, 9.17) is 4.74 Å². The predicted octanol–water partition coefficient (Wildman–Crippen LogP) is 1.73. The fourth-order valence-electron chi connectivity index (χ4n) is 1.90. The summed E-state index contributed by atoms with van der Waals surface area (Å²) in [6, 6.07) is 0.643. The van der Waals surface area contributed by atoms with Crippen molar-refractivity contribution < 1.29 is 4.74 Å². The van der Waals surface area contributed by atoms with Crippen molar-refractivity contribution in [2.45, 2.75) is 39.7 Å². The van der Waals surface area contributed by atoms with Gasteiger partial charge in [-0.25, -0.2) is 0 Å². The normalized spacial score (nSPS) is 21.9. The molecule has 96 valence electrons. The van der Waals surface area contributed by atoms with E-state index in [0.29, 0.717) is 11.5 Å². The van der Waals surface area contributed by atoms with Crippen LogP contribution >= 0.6 is 0 Å². The summed E-state index contributed by atoms with van der Waals surface area (Å²) >= 11 is 0. The lowest BCUT2D eigenvalue weighted by molar-refractivity contribution is 0.159. The highest BCUT2D eigenvalue weighted by atomic mass is 16.5. The van der Waals surface area contributed by atoms with Gasteiger partial charge in [-0.3, -0.25) is 4.90 Å². The van der Waals surface area contributed by atoms with Gasteiger partial charge in [-0.1, -0.05) is 20.8 Å². The summed E-state index contributed by atoms with van der Waals surface area (Å²) in [5.41, 5.74) is 0.443. The maximum absolute atomic E-state index is 5.39. The van der Waals surface area contributed by atoms with Crippen molar-refractivity contribution in [3.8, 4) is 0 Å². The lowest BCUT2D eigenvalue weighted by atomic mass is 9.92. The van der Waals surface area contributed by atoms with Crippen molar-refractivity contribution in [1.29, 1.82) is 0 Å². The van der Waals surface area contributed by atoms with E-state index in [9.17, 15) is 0 Å². The molecule has 1 aliphatic heterocycles. The second kappa shape index (κ2) is 6.58. The zero-order valence-electron chi connectivity index (χ0n) is 11.4. The first-order chi connectivity index (χ1) is 7.49. The van der Waals surface area contributed by atoms with Gasteiger partial charge in [0, 0.05) is 25.7 Å². The number of hydrogen-bond acceptors (Lipinski definition) is 3. The molecule has 0 aliphatic carbocycles. The average molecular weight is 228 g/mol. The van der Waals surface area contributed by atoms with E-state index < -0.39 is 0 Å². The molecule has 3 nitrogen and oxygen atoms in total. The van der Waals surface area contributed by atoms with Crippen LogP contribution in [0.2, 0.25) is 0 Å². The van der Waals surface area contributed by atoms with Crippen LogP contribution in [0.3, 0.4) is 0 Å². The highest BCUT2D eigenvalue weighted by Gasteiger charge is 2.19. The summed E-state index contributed by atoms with van der Waals surface area (Å²) in [5, 5.41) is 3.51. The van der Waals surface area contributed by atoms with Crippen molar-refractivity contribution in [3.63, 3.8) is 0 Å². The van der Waals surface area contributed by atoms with Crippen molar-refractivity contribution >= 4 is 0 Å². The van der Waals surface area contributed by atoms with Crippen LogP contribution in [0.1, 0.15) is 33.6 Å². The first-order valence-electron chi connectivity index (χ1n) is 6.48. The molecule has 1 N–H and O–H groups in total. The van der Waals surface area contributed by atoms with Gasteiger partial charge in [0.25, 0.3) is 0 Å². The molecular formula is C13H28N2O. The summed E-state index contributed by atoms with van der Waals surface area (Å²) in [5.74, 6) is 0. The van der Waals surface area contributed by atoms with Crippen molar-refractivity contribution in [2.24, 2.45) is 5.41 Å². The van der Waals surface area contributed by atoms with E-state index >= 15 is 0 Å². The van der Waals surface area contributed by atoms with Gasteiger partial charge in [0.05, 0.1) is 6.61 Å². The number of hydrogen-bond donors (Lipinski definition) is 1. The van der Waals surface area contributed by atoms with Gasteiger partial charge in [-0.15, -0.1) is 0 Å². The Labute approximate surface area is 101 Å². The Hall–Kier alpha value is -0.120. The highest BCUT2D eigenvalue weighted by molar-refractivity contribution is 4.73. The van der Waals surface area contributed by atoms with Gasteiger partial charge in [0.1, 0.15) is 0 Å². The maximum Gasteiger partial charge on any atom is 0.0622 e. The van der Waals surface area contributed by atoms with E-state index in [-0.39, 0.29) is 0 Å². The Morgan fingerprint density at radius 3 is 2.62 bits per heavy atom. The van der Waals surface area contributed by atoms with Crippen LogP contribution in [-0.4, -0.2) is 50.8 Å². The molecule has 0 aromatic heterocycles. The minimum Gasteiger partial charge on any atom is -0.380 e. The van der Waals surface area contributed by atoms with Crippen LogP contribution in [0.4, 0.5) is 0 Å². The monoisotopic (exact) mass is 228 g/mol. The Morgan fingerprint density at radius 2 is 2.06 bits per heavy atom. The molecule has 0 bridgehead atoms. The second-order valence-electron chi connectivity index (χ2n) is 6.06. The van der Waals surface area contributed by atoms with Gasteiger partial charge in [-0.2, -0.15) is 0 Å². The molecular weight excluding hydrogens is 200 g/mol. The van der Waals surface area contributed by atoms with Gasteiger partial charge in [0.15, 0.2) is 0 Å². The lowest BCUT2D eigenvalue weighted by Crippen LogP contribution is -2.37. The van der Waals surface area contributed by atoms with Crippen molar-refractivity contribution in [1.82, 2.24) is 10.2 Å². The highest BCUT2D eigenvalue weighted by Crippen LogP contribution is 2.16. The van der Waals surface area contributed by atoms with Crippen LogP contribution in [-0.2, 0) is 4.74 Å². The number of ether oxygens (including phenoxy) is 1. The summed E-state index contributed by atoms with van der Waals surface area (Å²) in [6.45, 7) is 12.1.